The molecule has 0 spiro atoms. The van der Waals surface area contributed by atoms with Crippen LogP contribution in [-0.4, -0.2) is 37.0 Å². The third-order valence-corrected chi connectivity index (χ3v) is 5.54. The van der Waals surface area contributed by atoms with Gasteiger partial charge in [-0.1, -0.05) is 36.8 Å². The minimum absolute atomic E-state index is 0.154. The Balaban J connectivity index is 1.75. The first-order valence-corrected chi connectivity index (χ1v) is 11.4. The lowest BCUT2D eigenvalue weighted by Crippen LogP contribution is -2.37. The van der Waals surface area contributed by atoms with Crippen molar-refractivity contribution in [2.24, 2.45) is 0 Å². The van der Waals surface area contributed by atoms with Crippen LogP contribution in [0.2, 0.25) is 0 Å². The maximum absolute atomic E-state index is 12.9. The van der Waals surface area contributed by atoms with Gasteiger partial charge in [0.1, 0.15) is 5.75 Å². The van der Waals surface area contributed by atoms with Crippen molar-refractivity contribution in [3.05, 3.63) is 81.0 Å². The normalized spacial score (nSPS) is 11.3. The summed E-state index contributed by atoms with van der Waals surface area (Å²) < 4.78 is 13.9. The summed E-state index contributed by atoms with van der Waals surface area (Å²) in [7, 11) is 0. The predicted octanol–water partition coefficient (Wildman–Crippen LogP) is 3.72. The minimum Gasteiger partial charge on any atom is -0.478 e. The molecule has 9 nitrogen and oxygen atoms in total. The molecular formula is C26H31N3O6. The van der Waals surface area contributed by atoms with E-state index >= 15 is 0 Å². The number of carbonyl (C=O) groups is 2. The predicted molar refractivity (Wildman–Crippen MR) is 130 cm³/mol. The zero-order chi connectivity index (χ0) is 25.8. The van der Waals surface area contributed by atoms with E-state index in [0.717, 1.165) is 17.5 Å². The highest BCUT2D eigenvalue weighted by molar-refractivity contribution is 5.91. The van der Waals surface area contributed by atoms with Crippen LogP contribution in [0.25, 0.3) is 0 Å². The largest absolute Gasteiger partial charge is 0.478 e. The number of hydrogen-bond donors (Lipinski definition) is 1. The van der Waals surface area contributed by atoms with Gasteiger partial charge in [0.05, 0.1) is 12.1 Å². The van der Waals surface area contributed by atoms with Gasteiger partial charge >= 0.3 is 17.6 Å². The summed E-state index contributed by atoms with van der Waals surface area (Å²) in [5.74, 6) is -0.968. The molecule has 3 rings (SSSR count). The zero-order valence-corrected chi connectivity index (χ0v) is 20.7. The van der Waals surface area contributed by atoms with E-state index in [0.29, 0.717) is 35.8 Å². The number of aryl methyl sites for hydroxylation is 2. The van der Waals surface area contributed by atoms with Gasteiger partial charge in [0.2, 0.25) is 0 Å². The van der Waals surface area contributed by atoms with Crippen molar-refractivity contribution < 1.29 is 24.2 Å². The molecule has 0 saturated heterocycles. The fourth-order valence-corrected chi connectivity index (χ4v) is 3.49. The molecule has 0 radical (unpaired) electrons. The van der Waals surface area contributed by atoms with Crippen molar-refractivity contribution in [2.75, 3.05) is 0 Å². The SMILES string of the molecule is CCCn1c(COC(=O)c2ccc(OC(C)(C)C(=O)O)cc2C)nn(Cc2ccc(C)cc2)c1=O. The van der Waals surface area contributed by atoms with Gasteiger partial charge in [-0.2, -0.15) is 5.10 Å². The second-order valence-electron chi connectivity index (χ2n) is 8.96. The van der Waals surface area contributed by atoms with Crippen LogP contribution in [0.4, 0.5) is 0 Å². The van der Waals surface area contributed by atoms with Crippen molar-refractivity contribution in [3.63, 3.8) is 0 Å². The van der Waals surface area contributed by atoms with E-state index in [1.165, 1.54) is 35.2 Å². The fourth-order valence-electron chi connectivity index (χ4n) is 3.49. The Hall–Kier alpha value is -3.88. The number of carboxylic acids is 1. The topological polar surface area (TPSA) is 113 Å². The molecule has 0 fully saturated rings. The summed E-state index contributed by atoms with van der Waals surface area (Å²) in [5, 5.41) is 13.7. The number of aromatic nitrogens is 3. The number of hydrogen-bond acceptors (Lipinski definition) is 6. The lowest BCUT2D eigenvalue weighted by Gasteiger charge is -2.22. The van der Waals surface area contributed by atoms with Crippen molar-refractivity contribution in [1.82, 2.24) is 14.3 Å². The Labute approximate surface area is 203 Å². The van der Waals surface area contributed by atoms with Gasteiger partial charge in [0.15, 0.2) is 18.0 Å². The molecule has 0 saturated carbocycles. The van der Waals surface area contributed by atoms with Gasteiger partial charge in [-0.05, 0) is 63.4 Å². The van der Waals surface area contributed by atoms with E-state index in [2.05, 4.69) is 5.10 Å². The summed E-state index contributed by atoms with van der Waals surface area (Å²) in [6, 6.07) is 12.5. The molecule has 186 valence electrons. The molecule has 0 aliphatic rings. The second-order valence-corrected chi connectivity index (χ2v) is 8.96. The molecule has 3 aromatic rings. The molecule has 1 heterocycles. The van der Waals surface area contributed by atoms with Gasteiger partial charge in [0.25, 0.3) is 0 Å². The first-order valence-electron chi connectivity index (χ1n) is 11.4. The van der Waals surface area contributed by atoms with Crippen LogP contribution >= 0.6 is 0 Å². The monoisotopic (exact) mass is 481 g/mol. The van der Waals surface area contributed by atoms with Crippen LogP contribution in [0.5, 0.6) is 5.75 Å². The van der Waals surface area contributed by atoms with E-state index in [-0.39, 0.29) is 12.3 Å². The number of carboxylic acid groups (broad SMARTS) is 1. The van der Waals surface area contributed by atoms with Crippen molar-refractivity contribution >= 4 is 11.9 Å². The van der Waals surface area contributed by atoms with Crippen LogP contribution in [-0.2, 0) is 29.2 Å². The summed E-state index contributed by atoms with van der Waals surface area (Å²) in [6.07, 6.45) is 0.727. The minimum atomic E-state index is -1.41. The Morgan fingerprint density at radius 2 is 1.77 bits per heavy atom. The quantitative estimate of drug-likeness (QED) is 0.439. The third kappa shape index (κ3) is 6.17. The lowest BCUT2D eigenvalue weighted by atomic mass is 10.1. The fraction of sp³-hybridized carbons (Fsp3) is 0.385. The molecule has 0 bridgehead atoms. The van der Waals surface area contributed by atoms with E-state index < -0.39 is 17.5 Å². The zero-order valence-electron chi connectivity index (χ0n) is 20.7. The van der Waals surface area contributed by atoms with Crippen LogP contribution in [0, 0.1) is 13.8 Å². The molecule has 0 aliphatic heterocycles. The van der Waals surface area contributed by atoms with Gasteiger partial charge in [0, 0.05) is 6.54 Å². The van der Waals surface area contributed by atoms with E-state index in [4.69, 9.17) is 9.47 Å². The van der Waals surface area contributed by atoms with Crippen LogP contribution in [0.1, 0.15) is 60.1 Å². The molecule has 9 heteroatoms. The molecule has 2 aromatic carbocycles. The lowest BCUT2D eigenvalue weighted by molar-refractivity contribution is -0.152. The van der Waals surface area contributed by atoms with Gasteiger partial charge < -0.3 is 14.6 Å². The smallest absolute Gasteiger partial charge is 0.347 e. The number of aliphatic carboxylic acids is 1. The number of ether oxygens (including phenoxy) is 2. The highest BCUT2D eigenvalue weighted by Crippen LogP contribution is 2.23. The van der Waals surface area contributed by atoms with E-state index in [1.807, 2.05) is 38.1 Å². The van der Waals surface area contributed by atoms with E-state index in [9.17, 15) is 19.5 Å². The molecule has 0 unspecified atom stereocenters. The first-order chi connectivity index (χ1) is 16.5. The second kappa shape index (κ2) is 10.6. The molecule has 35 heavy (non-hydrogen) atoms. The van der Waals surface area contributed by atoms with E-state index in [1.54, 1.807) is 13.0 Å². The maximum atomic E-state index is 12.9. The van der Waals surface area contributed by atoms with Crippen molar-refractivity contribution in [2.45, 2.75) is 66.3 Å². The summed E-state index contributed by atoms with van der Waals surface area (Å²) in [4.78, 5) is 36.9. The third-order valence-electron chi connectivity index (χ3n) is 5.54. The Bertz CT molecular complexity index is 1270. The molecular weight excluding hydrogens is 450 g/mol. The number of benzene rings is 2. The molecule has 0 atom stereocenters. The molecule has 0 aliphatic carbocycles. The van der Waals surface area contributed by atoms with Gasteiger partial charge in [-0.15, -0.1) is 0 Å². The molecule has 1 N–H and O–H groups in total. The highest BCUT2D eigenvalue weighted by Gasteiger charge is 2.29. The van der Waals surface area contributed by atoms with Gasteiger partial charge in [-0.3, -0.25) is 4.57 Å². The summed E-state index contributed by atoms with van der Waals surface area (Å²) >= 11 is 0. The number of nitrogens with zero attached hydrogens (tertiary/aromatic N) is 3. The Morgan fingerprint density at radius 3 is 2.37 bits per heavy atom. The van der Waals surface area contributed by atoms with Crippen molar-refractivity contribution in [3.8, 4) is 5.75 Å². The Kier molecular flexibility index (Phi) is 7.78. The summed E-state index contributed by atoms with van der Waals surface area (Å²) in [6.45, 7) is 9.18. The summed E-state index contributed by atoms with van der Waals surface area (Å²) in [5.41, 5.74) is 1.31. The number of carbonyl (C=O) groups excluding carboxylic acids is 1. The highest BCUT2D eigenvalue weighted by atomic mass is 16.5. The van der Waals surface area contributed by atoms with Crippen LogP contribution in [0.15, 0.2) is 47.3 Å². The van der Waals surface area contributed by atoms with Crippen LogP contribution < -0.4 is 10.4 Å². The van der Waals surface area contributed by atoms with Crippen molar-refractivity contribution in [1.29, 1.82) is 0 Å². The average Bonchev–Trinajstić information content (AvgIpc) is 3.08. The van der Waals surface area contributed by atoms with Gasteiger partial charge in [-0.25, -0.2) is 19.1 Å². The Morgan fingerprint density at radius 1 is 1.09 bits per heavy atom. The number of esters is 1. The first kappa shape index (κ1) is 25.7. The van der Waals surface area contributed by atoms with Crippen LogP contribution in [0.3, 0.4) is 0 Å². The number of rotatable bonds is 10. The standard InChI is InChI=1S/C26H31N3O6/c1-6-13-28-22(27-29(25(28)33)15-19-9-7-17(2)8-10-19)16-34-23(30)21-12-11-20(14-18(21)3)35-26(4,5)24(31)32/h7-12,14H,6,13,15-16H2,1-5H3,(H,31,32). The average molecular weight is 482 g/mol. The maximum Gasteiger partial charge on any atom is 0.347 e. The molecule has 1 aromatic heterocycles. The molecule has 0 amide bonds.